The third kappa shape index (κ3) is 4.03. The SMILES string of the molecule is N#Cc1ccc(/C=C/C(=O)OCC(=O)N2CCCC2=O)cc1. The number of esters is 1. The normalized spacial score (nSPS) is 14.1. The number of likely N-dealkylation sites (tertiary alicyclic amines) is 1. The molecule has 22 heavy (non-hydrogen) atoms. The summed E-state index contributed by atoms with van der Waals surface area (Å²) in [5, 5.41) is 8.68. The molecule has 6 heteroatoms. The molecule has 0 spiro atoms. The van der Waals surface area contributed by atoms with E-state index >= 15 is 0 Å². The summed E-state index contributed by atoms with van der Waals surface area (Å²) in [5.41, 5.74) is 1.26. The Morgan fingerprint density at radius 3 is 2.64 bits per heavy atom. The van der Waals surface area contributed by atoms with Gasteiger partial charge in [-0.2, -0.15) is 5.26 Å². The summed E-state index contributed by atoms with van der Waals surface area (Å²) in [6.45, 7) is -0.0570. The highest BCUT2D eigenvalue weighted by molar-refractivity contribution is 5.98. The first-order valence-electron chi connectivity index (χ1n) is 6.78. The Morgan fingerprint density at radius 1 is 1.32 bits per heavy atom. The maximum absolute atomic E-state index is 11.7. The van der Waals surface area contributed by atoms with Crippen LogP contribution >= 0.6 is 0 Å². The van der Waals surface area contributed by atoms with Crippen molar-refractivity contribution < 1.29 is 19.1 Å². The number of hydrogen-bond acceptors (Lipinski definition) is 5. The van der Waals surface area contributed by atoms with E-state index in [9.17, 15) is 14.4 Å². The highest BCUT2D eigenvalue weighted by atomic mass is 16.5. The van der Waals surface area contributed by atoms with Gasteiger partial charge in [0.2, 0.25) is 5.91 Å². The van der Waals surface area contributed by atoms with Crippen molar-refractivity contribution in [2.45, 2.75) is 12.8 Å². The van der Waals surface area contributed by atoms with Crippen molar-refractivity contribution in [1.29, 1.82) is 5.26 Å². The molecule has 1 aromatic rings. The third-order valence-corrected chi connectivity index (χ3v) is 3.16. The molecule has 1 saturated heterocycles. The maximum atomic E-state index is 11.7. The number of carbonyl (C=O) groups excluding carboxylic acids is 3. The lowest BCUT2D eigenvalue weighted by Gasteiger charge is -2.12. The predicted molar refractivity (Wildman–Crippen MR) is 77.1 cm³/mol. The van der Waals surface area contributed by atoms with Crippen molar-refractivity contribution in [2.24, 2.45) is 0 Å². The molecule has 0 bridgehead atoms. The molecule has 0 saturated carbocycles. The molecule has 0 aromatic heterocycles. The van der Waals surface area contributed by atoms with Crippen LogP contribution in [0, 0.1) is 11.3 Å². The van der Waals surface area contributed by atoms with Gasteiger partial charge in [0.25, 0.3) is 5.91 Å². The fourth-order valence-electron chi connectivity index (χ4n) is 2.00. The minimum Gasteiger partial charge on any atom is -0.452 e. The van der Waals surface area contributed by atoms with Crippen molar-refractivity contribution in [3.05, 3.63) is 41.5 Å². The summed E-state index contributed by atoms with van der Waals surface area (Å²) < 4.78 is 4.81. The number of nitriles is 1. The Morgan fingerprint density at radius 2 is 2.05 bits per heavy atom. The Hall–Kier alpha value is -2.94. The Bertz CT molecular complexity index is 656. The highest BCUT2D eigenvalue weighted by Gasteiger charge is 2.26. The molecular formula is C16H14N2O4. The van der Waals surface area contributed by atoms with Gasteiger partial charge >= 0.3 is 5.97 Å². The van der Waals surface area contributed by atoms with Crippen LogP contribution in [-0.4, -0.2) is 35.8 Å². The molecule has 6 nitrogen and oxygen atoms in total. The monoisotopic (exact) mass is 298 g/mol. The lowest BCUT2D eigenvalue weighted by molar-refractivity contribution is -0.151. The second-order valence-corrected chi connectivity index (χ2v) is 4.72. The summed E-state index contributed by atoms with van der Waals surface area (Å²) in [7, 11) is 0. The minimum absolute atomic E-state index is 0.228. The van der Waals surface area contributed by atoms with Crippen LogP contribution in [0.4, 0.5) is 0 Å². The third-order valence-electron chi connectivity index (χ3n) is 3.16. The van der Waals surface area contributed by atoms with E-state index in [1.165, 1.54) is 12.2 Å². The van der Waals surface area contributed by atoms with Gasteiger partial charge in [0.05, 0.1) is 11.6 Å². The van der Waals surface area contributed by atoms with Crippen LogP contribution in [0.2, 0.25) is 0 Å². The highest BCUT2D eigenvalue weighted by Crippen LogP contribution is 2.10. The van der Waals surface area contributed by atoms with Crippen molar-refractivity contribution in [2.75, 3.05) is 13.2 Å². The van der Waals surface area contributed by atoms with Crippen molar-refractivity contribution in [1.82, 2.24) is 4.90 Å². The summed E-state index contributed by atoms with van der Waals surface area (Å²) in [5.74, 6) is -1.39. The van der Waals surface area contributed by atoms with Gasteiger partial charge in [0.15, 0.2) is 6.61 Å². The van der Waals surface area contributed by atoms with Crippen molar-refractivity contribution in [3.8, 4) is 6.07 Å². The molecular weight excluding hydrogens is 284 g/mol. The Kier molecular flexibility index (Phi) is 5.04. The van der Waals surface area contributed by atoms with E-state index in [0.717, 1.165) is 10.5 Å². The van der Waals surface area contributed by atoms with E-state index < -0.39 is 18.5 Å². The van der Waals surface area contributed by atoms with E-state index in [2.05, 4.69) is 0 Å². The van der Waals surface area contributed by atoms with Gasteiger partial charge in [-0.25, -0.2) is 4.79 Å². The van der Waals surface area contributed by atoms with E-state index in [0.29, 0.717) is 24.9 Å². The number of carbonyl (C=O) groups is 3. The Labute approximate surface area is 127 Å². The first-order valence-corrected chi connectivity index (χ1v) is 6.78. The van der Waals surface area contributed by atoms with Gasteiger partial charge in [0.1, 0.15) is 0 Å². The van der Waals surface area contributed by atoms with Crippen LogP contribution in [0.3, 0.4) is 0 Å². The Balaban J connectivity index is 1.82. The summed E-state index contributed by atoms with van der Waals surface area (Å²) >= 11 is 0. The second kappa shape index (κ2) is 7.18. The van der Waals surface area contributed by atoms with E-state index in [-0.39, 0.29) is 5.91 Å². The van der Waals surface area contributed by atoms with Gasteiger partial charge in [-0.15, -0.1) is 0 Å². The number of rotatable bonds is 4. The van der Waals surface area contributed by atoms with E-state index in [4.69, 9.17) is 10.00 Å². The molecule has 0 radical (unpaired) electrons. The van der Waals surface area contributed by atoms with Gasteiger partial charge in [0, 0.05) is 19.0 Å². The molecule has 0 aliphatic carbocycles. The molecule has 2 amide bonds. The number of amides is 2. The number of benzene rings is 1. The van der Waals surface area contributed by atoms with Gasteiger partial charge in [-0.3, -0.25) is 14.5 Å². The van der Waals surface area contributed by atoms with E-state index in [1.807, 2.05) is 6.07 Å². The fourth-order valence-corrected chi connectivity index (χ4v) is 2.00. The quantitative estimate of drug-likeness (QED) is 0.617. The van der Waals surface area contributed by atoms with Crippen molar-refractivity contribution >= 4 is 23.9 Å². The van der Waals surface area contributed by atoms with Crippen molar-refractivity contribution in [3.63, 3.8) is 0 Å². The zero-order chi connectivity index (χ0) is 15.9. The van der Waals surface area contributed by atoms with Crippen LogP contribution in [0.25, 0.3) is 6.08 Å². The van der Waals surface area contributed by atoms with Crippen LogP contribution < -0.4 is 0 Å². The molecule has 1 fully saturated rings. The first-order chi connectivity index (χ1) is 10.6. The average molecular weight is 298 g/mol. The first kappa shape index (κ1) is 15.4. The molecule has 1 aliphatic rings. The molecule has 0 N–H and O–H groups in total. The van der Waals surface area contributed by atoms with Crippen LogP contribution in [0.5, 0.6) is 0 Å². The lowest BCUT2D eigenvalue weighted by atomic mass is 10.1. The molecule has 1 aliphatic heterocycles. The molecule has 1 heterocycles. The number of hydrogen-bond donors (Lipinski definition) is 0. The average Bonchev–Trinajstić information content (AvgIpc) is 2.97. The zero-order valence-corrected chi connectivity index (χ0v) is 11.8. The van der Waals surface area contributed by atoms with Crippen LogP contribution in [-0.2, 0) is 19.1 Å². The van der Waals surface area contributed by atoms with E-state index in [1.54, 1.807) is 24.3 Å². The van der Waals surface area contributed by atoms with Gasteiger partial charge < -0.3 is 4.74 Å². The minimum atomic E-state index is -0.663. The second-order valence-electron chi connectivity index (χ2n) is 4.72. The number of imide groups is 1. The zero-order valence-electron chi connectivity index (χ0n) is 11.8. The lowest BCUT2D eigenvalue weighted by Crippen LogP contribution is -2.35. The fraction of sp³-hybridized carbons (Fsp3) is 0.250. The molecule has 1 aromatic carbocycles. The largest absolute Gasteiger partial charge is 0.452 e. The van der Waals surface area contributed by atoms with Crippen LogP contribution in [0.15, 0.2) is 30.3 Å². The number of ether oxygens (including phenoxy) is 1. The van der Waals surface area contributed by atoms with Crippen LogP contribution in [0.1, 0.15) is 24.0 Å². The molecule has 2 rings (SSSR count). The van der Waals surface area contributed by atoms with Gasteiger partial charge in [-0.05, 0) is 30.2 Å². The summed E-state index contributed by atoms with van der Waals surface area (Å²) in [6, 6.07) is 8.64. The standard InChI is InChI=1S/C16H14N2O4/c17-10-13-5-3-12(4-6-13)7-8-16(21)22-11-15(20)18-9-1-2-14(18)19/h3-8H,1-2,9,11H2/b8-7+. The maximum Gasteiger partial charge on any atom is 0.331 e. The topological polar surface area (TPSA) is 87.5 Å². The summed E-state index contributed by atoms with van der Waals surface area (Å²) in [6.07, 6.45) is 3.73. The molecule has 0 unspecified atom stereocenters. The van der Waals surface area contributed by atoms with Gasteiger partial charge in [-0.1, -0.05) is 12.1 Å². The number of nitrogens with zero attached hydrogens (tertiary/aromatic N) is 2. The summed E-state index contributed by atoms with van der Waals surface area (Å²) in [4.78, 5) is 35.7. The smallest absolute Gasteiger partial charge is 0.331 e. The molecule has 0 atom stereocenters. The molecule has 112 valence electrons. The predicted octanol–water partition coefficient (Wildman–Crippen LogP) is 1.26.